The molecule has 84 valence electrons. The van der Waals surface area contributed by atoms with Crippen LogP contribution in [-0.2, 0) is 0 Å². The van der Waals surface area contributed by atoms with Gasteiger partial charge < -0.3 is 5.32 Å². The number of rotatable bonds is 2. The number of hydrogen-bond donors (Lipinski definition) is 1. The quantitative estimate of drug-likeness (QED) is 0.807. The number of amides is 1. The second-order valence-corrected chi connectivity index (χ2v) is 5.12. The molecular formula is C14H17NO. The Balaban J connectivity index is 1.65. The van der Waals surface area contributed by atoms with E-state index in [4.69, 9.17) is 0 Å². The van der Waals surface area contributed by atoms with Gasteiger partial charge in [-0.05, 0) is 43.2 Å². The van der Waals surface area contributed by atoms with Crippen LogP contribution in [0.2, 0.25) is 0 Å². The van der Waals surface area contributed by atoms with Crippen LogP contribution in [0.25, 0.3) is 0 Å². The van der Waals surface area contributed by atoms with Gasteiger partial charge in [-0.2, -0.15) is 0 Å². The van der Waals surface area contributed by atoms with Crippen LogP contribution in [0.15, 0.2) is 30.3 Å². The van der Waals surface area contributed by atoms with Crippen LogP contribution in [0, 0.1) is 11.8 Å². The van der Waals surface area contributed by atoms with Gasteiger partial charge in [0.2, 0.25) is 0 Å². The Kier molecular flexibility index (Phi) is 2.43. The summed E-state index contributed by atoms with van der Waals surface area (Å²) in [5.41, 5.74) is 0.783. The van der Waals surface area contributed by atoms with E-state index in [1.54, 1.807) is 0 Å². The third kappa shape index (κ3) is 1.73. The Hall–Kier alpha value is -1.31. The lowest BCUT2D eigenvalue weighted by Gasteiger charge is -2.22. The number of nitrogens with one attached hydrogen (secondary N) is 1. The van der Waals surface area contributed by atoms with Gasteiger partial charge >= 0.3 is 0 Å². The summed E-state index contributed by atoms with van der Waals surface area (Å²) in [7, 11) is 0. The van der Waals surface area contributed by atoms with Gasteiger partial charge in [0.15, 0.2) is 0 Å². The molecule has 0 saturated heterocycles. The van der Waals surface area contributed by atoms with Crippen molar-refractivity contribution in [3.05, 3.63) is 35.9 Å². The fourth-order valence-corrected chi connectivity index (χ4v) is 3.26. The van der Waals surface area contributed by atoms with E-state index >= 15 is 0 Å². The third-order valence-electron chi connectivity index (χ3n) is 4.09. The summed E-state index contributed by atoms with van der Waals surface area (Å²) in [6.07, 6.45) is 5.22. The number of benzene rings is 1. The van der Waals surface area contributed by atoms with Crippen molar-refractivity contribution in [3.63, 3.8) is 0 Å². The molecule has 2 heteroatoms. The minimum Gasteiger partial charge on any atom is -0.349 e. The lowest BCUT2D eigenvalue weighted by molar-refractivity contribution is 0.0923. The van der Waals surface area contributed by atoms with E-state index in [1.807, 2.05) is 30.3 Å². The van der Waals surface area contributed by atoms with Crippen molar-refractivity contribution in [2.75, 3.05) is 0 Å². The van der Waals surface area contributed by atoms with E-state index < -0.39 is 0 Å². The Morgan fingerprint density at radius 1 is 1.12 bits per heavy atom. The van der Waals surface area contributed by atoms with Gasteiger partial charge in [0.1, 0.15) is 0 Å². The van der Waals surface area contributed by atoms with Crippen molar-refractivity contribution in [2.24, 2.45) is 11.8 Å². The number of hydrogen-bond acceptors (Lipinski definition) is 1. The van der Waals surface area contributed by atoms with E-state index in [1.165, 1.54) is 25.7 Å². The summed E-state index contributed by atoms with van der Waals surface area (Å²) in [6.45, 7) is 0. The first-order valence-electron chi connectivity index (χ1n) is 6.19. The standard InChI is InChI=1S/C14H17NO/c16-14(11-4-2-1-3-5-11)15-13-9-10-6-7-12(13)8-10/h1-5,10,12-13H,6-9H2,(H,15,16)/t10-,12-,13-/m1/s1. The maximum atomic E-state index is 12.0. The van der Waals surface area contributed by atoms with Gasteiger partial charge in [0, 0.05) is 11.6 Å². The van der Waals surface area contributed by atoms with Crippen LogP contribution in [0.4, 0.5) is 0 Å². The molecule has 3 rings (SSSR count). The molecule has 0 heterocycles. The molecule has 2 aliphatic carbocycles. The Morgan fingerprint density at radius 2 is 1.94 bits per heavy atom. The molecule has 2 nitrogen and oxygen atoms in total. The summed E-state index contributed by atoms with van der Waals surface area (Å²) < 4.78 is 0. The van der Waals surface area contributed by atoms with Gasteiger partial charge in [-0.15, -0.1) is 0 Å². The smallest absolute Gasteiger partial charge is 0.251 e. The summed E-state index contributed by atoms with van der Waals surface area (Å²) in [5, 5.41) is 3.19. The average molecular weight is 215 g/mol. The van der Waals surface area contributed by atoms with Crippen molar-refractivity contribution < 1.29 is 4.79 Å². The van der Waals surface area contributed by atoms with Crippen LogP contribution in [0.1, 0.15) is 36.0 Å². The first-order valence-corrected chi connectivity index (χ1v) is 6.19. The fourth-order valence-electron chi connectivity index (χ4n) is 3.26. The zero-order valence-corrected chi connectivity index (χ0v) is 9.36. The van der Waals surface area contributed by atoms with Crippen LogP contribution in [-0.4, -0.2) is 11.9 Å². The molecule has 1 N–H and O–H groups in total. The molecular weight excluding hydrogens is 198 g/mol. The van der Waals surface area contributed by atoms with Crippen molar-refractivity contribution in [1.29, 1.82) is 0 Å². The van der Waals surface area contributed by atoms with Crippen molar-refractivity contribution in [3.8, 4) is 0 Å². The lowest BCUT2D eigenvalue weighted by Crippen LogP contribution is -2.38. The van der Waals surface area contributed by atoms with Crippen molar-refractivity contribution in [2.45, 2.75) is 31.7 Å². The molecule has 0 radical (unpaired) electrons. The second-order valence-electron chi connectivity index (χ2n) is 5.12. The monoisotopic (exact) mass is 215 g/mol. The highest BCUT2D eigenvalue weighted by molar-refractivity contribution is 5.94. The average Bonchev–Trinajstić information content (AvgIpc) is 2.92. The predicted molar refractivity (Wildman–Crippen MR) is 63.1 cm³/mol. The molecule has 2 aliphatic rings. The van der Waals surface area contributed by atoms with Crippen LogP contribution in [0.3, 0.4) is 0 Å². The molecule has 0 aliphatic heterocycles. The number of carbonyl (C=O) groups excluding carboxylic acids is 1. The van der Waals surface area contributed by atoms with E-state index in [0.717, 1.165) is 17.4 Å². The van der Waals surface area contributed by atoms with E-state index in [2.05, 4.69) is 5.32 Å². The Morgan fingerprint density at radius 3 is 2.56 bits per heavy atom. The van der Waals surface area contributed by atoms with E-state index in [-0.39, 0.29) is 5.91 Å². The molecule has 3 atom stereocenters. The predicted octanol–water partition coefficient (Wildman–Crippen LogP) is 2.61. The van der Waals surface area contributed by atoms with Crippen molar-refractivity contribution >= 4 is 5.91 Å². The first kappa shape index (κ1) is 9.88. The van der Waals surface area contributed by atoms with Gasteiger partial charge in [-0.1, -0.05) is 24.6 Å². The maximum absolute atomic E-state index is 12.0. The fraction of sp³-hybridized carbons (Fsp3) is 0.500. The molecule has 1 aromatic carbocycles. The summed E-state index contributed by atoms with van der Waals surface area (Å²) in [4.78, 5) is 12.0. The highest BCUT2D eigenvalue weighted by atomic mass is 16.1. The summed E-state index contributed by atoms with van der Waals surface area (Å²) in [6, 6.07) is 9.96. The van der Waals surface area contributed by atoms with Gasteiger partial charge in [0.25, 0.3) is 5.91 Å². The minimum atomic E-state index is 0.0955. The summed E-state index contributed by atoms with van der Waals surface area (Å²) >= 11 is 0. The molecule has 0 unspecified atom stereocenters. The molecule has 2 bridgehead atoms. The van der Waals surface area contributed by atoms with Crippen molar-refractivity contribution in [1.82, 2.24) is 5.32 Å². The van der Waals surface area contributed by atoms with E-state index in [0.29, 0.717) is 6.04 Å². The maximum Gasteiger partial charge on any atom is 0.251 e. The number of fused-ring (bicyclic) bond motifs is 2. The highest BCUT2D eigenvalue weighted by Gasteiger charge is 2.40. The second kappa shape index (κ2) is 3.93. The molecule has 2 fully saturated rings. The minimum absolute atomic E-state index is 0.0955. The Bertz CT molecular complexity index is 387. The van der Waals surface area contributed by atoms with Gasteiger partial charge in [-0.3, -0.25) is 4.79 Å². The zero-order valence-electron chi connectivity index (χ0n) is 9.36. The van der Waals surface area contributed by atoms with Crippen LogP contribution >= 0.6 is 0 Å². The Labute approximate surface area is 96.1 Å². The highest BCUT2D eigenvalue weighted by Crippen LogP contribution is 2.44. The van der Waals surface area contributed by atoms with Gasteiger partial charge in [0.05, 0.1) is 0 Å². The molecule has 1 aromatic rings. The van der Waals surface area contributed by atoms with Crippen LogP contribution < -0.4 is 5.32 Å². The molecule has 2 saturated carbocycles. The molecule has 1 amide bonds. The molecule has 0 spiro atoms. The number of carbonyl (C=O) groups is 1. The summed E-state index contributed by atoms with van der Waals surface area (Å²) in [5.74, 6) is 1.72. The van der Waals surface area contributed by atoms with Crippen LogP contribution in [0.5, 0.6) is 0 Å². The van der Waals surface area contributed by atoms with E-state index in [9.17, 15) is 4.79 Å². The SMILES string of the molecule is O=C(N[C@@H]1C[C@@H]2CC[C@@H]1C2)c1ccccc1. The lowest BCUT2D eigenvalue weighted by atomic mass is 9.95. The molecule has 16 heavy (non-hydrogen) atoms. The largest absolute Gasteiger partial charge is 0.349 e. The topological polar surface area (TPSA) is 29.1 Å². The molecule has 0 aromatic heterocycles. The van der Waals surface area contributed by atoms with Gasteiger partial charge in [-0.25, -0.2) is 0 Å². The zero-order chi connectivity index (χ0) is 11.0. The third-order valence-corrected chi connectivity index (χ3v) is 4.09. The normalized spacial score (nSPS) is 31.6. The first-order chi connectivity index (χ1) is 7.83.